The molecule has 0 unspecified atom stereocenters. The Morgan fingerprint density at radius 2 is 1.51 bits per heavy atom. The number of rotatable bonds is 5. The van der Waals surface area contributed by atoms with Crippen LogP contribution in [0.25, 0.3) is 11.4 Å². The quantitative estimate of drug-likeness (QED) is 0.477. The van der Waals surface area contributed by atoms with E-state index >= 15 is 0 Å². The lowest BCUT2D eigenvalue weighted by molar-refractivity contribution is 0.432. The van der Waals surface area contributed by atoms with Crippen LogP contribution in [-0.4, -0.2) is 48.9 Å². The van der Waals surface area contributed by atoms with Crippen LogP contribution in [0.2, 0.25) is 0 Å². The first-order chi connectivity index (χ1) is 16.6. The van der Waals surface area contributed by atoms with Gasteiger partial charge in [-0.05, 0) is 51.2 Å². The van der Waals surface area contributed by atoms with E-state index in [0.717, 1.165) is 52.3 Å². The third kappa shape index (κ3) is 5.11. The molecule has 35 heavy (non-hydrogen) atoms. The number of benzene rings is 2. The van der Waals surface area contributed by atoms with Gasteiger partial charge >= 0.3 is 0 Å². The fourth-order valence-corrected chi connectivity index (χ4v) is 7.13. The average molecular weight is 493 g/mol. The minimum absolute atomic E-state index is 0.260. The Morgan fingerprint density at radius 1 is 0.857 bits per heavy atom. The highest BCUT2D eigenvalue weighted by Crippen LogP contribution is 2.32. The molecule has 1 saturated heterocycles. The second-order valence-corrected chi connectivity index (χ2v) is 11.7. The van der Waals surface area contributed by atoms with Crippen molar-refractivity contribution in [3.05, 3.63) is 70.4 Å². The Bertz CT molecular complexity index is 1300. The van der Waals surface area contributed by atoms with Crippen molar-refractivity contribution in [1.82, 2.24) is 14.3 Å². The first-order valence-electron chi connectivity index (χ1n) is 12.4. The zero-order valence-electron chi connectivity index (χ0n) is 21.7. The molecule has 2 heterocycles. The van der Waals surface area contributed by atoms with E-state index in [1.54, 1.807) is 4.31 Å². The summed E-state index contributed by atoms with van der Waals surface area (Å²) in [7, 11) is -3.58. The topological polar surface area (TPSA) is 66.4 Å². The Labute approximate surface area is 210 Å². The van der Waals surface area contributed by atoms with E-state index in [0.29, 0.717) is 30.4 Å². The Hall–Kier alpha value is -2.77. The van der Waals surface area contributed by atoms with Gasteiger partial charge in [-0.1, -0.05) is 61.9 Å². The van der Waals surface area contributed by atoms with Crippen molar-refractivity contribution in [1.29, 1.82) is 0 Å². The van der Waals surface area contributed by atoms with Crippen molar-refractivity contribution in [3.63, 3.8) is 0 Å². The van der Waals surface area contributed by atoms with Gasteiger partial charge < -0.3 is 4.90 Å². The molecule has 0 N–H and O–H groups in total. The van der Waals surface area contributed by atoms with Gasteiger partial charge in [0.05, 0.1) is 4.90 Å². The van der Waals surface area contributed by atoms with Crippen molar-refractivity contribution >= 4 is 15.8 Å². The van der Waals surface area contributed by atoms with Crippen LogP contribution in [0.4, 0.5) is 5.82 Å². The van der Waals surface area contributed by atoms with Crippen molar-refractivity contribution in [2.45, 2.75) is 58.8 Å². The van der Waals surface area contributed by atoms with Gasteiger partial charge in [-0.25, -0.2) is 18.4 Å². The number of aromatic nitrogens is 2. The van der Waals surface area contributed by atoms with E-state index < -0.39 is 10.0 Å². The maximum atomic E-state index is 13.7. The van der Waals surface area contributed by atoms with E-state index in [-0.39, 0.29) is 5.92 Å². The van der Waals surface area contributed by atoms with Crippen LogP contribution in [-0.2, 0) is 10.0 Å². The first-order valence-corrected chi connectivity index (χ1v) is 13.8. The van der Waals surface area contributed by atoms with Crippen LogP contribution in [0.3, 0.4) is 0 Å². The van der Waals surface area contributed by atoms with Gasteiger partial charge in [0.1, 0.15) is 5.82 Å². The molecule has 3 aromatic rings. The number of anilines is 1. The van der Waals surface area contributed by atoms with Crippen LogP contribution in [0, 0.1) is 27.7 Å². The number of aryl methyl sites for hydroxylation is 4. The predicted octanol–water partition coefficient (Wildman–Crippen LogP) is 5.40. The zero-order chi connectivity index (χ0) is 25.3. The van der Waals surface area contributed by atoms with Gasteiger partial charge in [0.15, 0.2) is 5.82 Å². The number of sulfonamides is 1. The number of hydrogen-bond donors (Lipinski definition) is 0. The summed E-state index contributed by atoms with van der Waals surface area (Å²) in [6.45, 7) is 14.4. The first kappa shape index (κ1) is 25.3. The standard InChI is InChI=1S/C28H36N4O2S/c1-19(2)25-23(6)29-27(24-11-8-7-9-12-24)30-28(25)31-13-10-14-32(16-15-31)35(33,34)26-21(4)17-20(3)18-22(26)5/h7-9,11-12,17-19H,10,13-16H2,1-6H3. The van der Waals surface area contributed by atoms with Gasteiger partial charge in [-0.3, -0.25) is 0 Å². The molecule has 4 rings (SSSR count). The van der Waals surface area contributed by atoms with Crippen LogP contribution in [0.1, 0.15) is 54.1 Å². The molecule has 1 aromatic heterocycles. The van der Waals surface area contributed by atoms with Crippen LogP contribution < -0.4 is 4.90 Å². The zero-order valence-corrected chi connectivity index (χ0v) is 22.5. The van der Waals surface area contributed by atoms with E-state index in [4.69, 9.17) is 9.97 Å². The molecule has 2 aromatic carbocycles. The van der Waals surface area contributed by atoms with Crippen molar-refractivity contribution in [3.8, 4) is 11.4 Å². The minimum atomic E-state index is -3.58. The molecule has 1 fully saturated rings. The normalized spacial score (nSPS) is 15.5. The summed E-state index contributed by atoms with van der Waals surface area (Å²) in [5.41, 5.74) is 5.79. The summed E-state index contributed by atoms with van der Waals surface area (Å²) in [4.78, 5) is 12.5. The highest BCUT2D eigenvalue weighted by Gasteiger charge is 2.31. The Kier molecular flexibility index (Phi) is 7.29. The predicted molar refractivity (Wildman–Crippen MR) is 143 cm³/mol. The number of hydrogen-bond acceptors (Lipinski definition) is 5. The summed E-state index contributed by atoms with van der Waals surface area (Å²) in [6, 6.07) is 13.9. The second-order valence-electron chi connectivity index (χ2n) is 9.86. The third-order valence-electron chi connectivity index (χ3n) is 6.68. The largest absolute Gasteiger partial charge is 0.355 e. The SMILES string of the molecule is Cc1cc(C)c(S(=O)(=O)N2CCCN(c3nc(-c4ccccc4)nc(C)c3C(C)C)CC2)c(C)c1. The molecular formula is C28H36N4O2S. The molecule has 0 aliphatic carbocycles. The molecule has 0 amide bonds. The highest BCUT2D eigenvalue weighted by molar-refractivity contribution is 7.89. The van der Waals surface area contributed by atoms with E-state index in [9.17, 15) is 8.42 Å². The van der Waals surface area contributed by atoms with Gasteiger partial charge in [-0.2, -0.15) is 4.31 Å². The van der Waals surface area contributed by atoms with E-state index in [1.807, 2.05) is 70.2 Å². The molecular weight excluding hydrogens is 456 g/mol. The minimum Gasteiger partial charge on any atom is -0.355 e. The Balaban J connectivity index is 1.67. The molecule has 0 saturated carbocycles. The third-order valence-corrected chi connectivity index (χ3v) is 8.89. The molecule has 0 atom stereocenters. The summed E-state index contributed by atoms with van der Waals surface area (Å²) < 4.78 is 29.0. The fraction of sp³-hybridized carbons (Fsp3) is 0.429. The second kappa shape index (κ2) is 10.1. The average Bonchev–Trinajstić information content (AvgIpc) is 3.05. The molecule has 186 valence electrons. The van der Waals surface area contributed by atoms with Crippen molar-refractivity contribution < 1.29 is 8.42 Å². The molecule has 1 aliphatic rings. The smallest absolute Gasteiger partial charge is 0.243 e. The van der Waals surface area contributed by atoms with Crippen molar-refractivity contribution in [2.24, 2.45) is 0 Å². The molecule has 1 aliphatic heterocycles. The lowest BCUT2D eigenvalue weighted by atomic mass is 10.0. The van der Waals surface area contributed by atoms with Crippen molar-refractivity contribution in [2.75, 3.05) is 31.1 Å². The van der Waals surface area contributed by atoms with Gasteiger partial charge in [0.2, 0.25) is 10.0 Å². The number of nitrogens with zero attached hydrogens (tertiary/aromatic N) is 4. The summed E-state index contributed by atoms with van der Waals surface area (Å²) >= 11 is 0. The molecule has 6 nitrogen and oxygen atoms in total. The molecule has 7 heteroatoms. The Morgan fingerprint density at radius 3 is 2.14 bits per heavy atom. The van der Waals surface area contributed by atoms with Gasteiger partial charge in [-0.15, -0.1) is 0 Å². The summed E-state index contributed by atoms with van der Waals surface area (Å²) in [6.07, 6.45) is 0.741. The highest BCUT2D eigenvalue weighted by atomic mass is 32.2. The lowest BCUT2D eigenvalue weighted by Gasteiger charge is -2.27. The van der Waals surface area contributed by atoms with E-state index in [2.05, 4.69) is 18.7 Å². The van der Waals surface area contributed by atoms with Crippen LogP contribution >= 0.6 is 0 Å². The maximum absolute atomic E-state index is 13.7. The summed E-state index contributed by atoms with van der Waals surface area (Å²) in [5.74, 6) is 1.89. The lowest BCUT2D eigenvalue weighted by Crippen LogP contribution is -2.36. The summed E-state index contributed by atoms with van der Waals surface area (Å²) in [5, 5.41) is 0. The van der Waals surface area contributed by atoms with Gasteiger partial charge in [0.25, 0.3) is 0 Å². The van der Waals surface area contributed by atoms with Crippen LogP contribution in [0.5, 0.6) is 0 Å². The maximum Gasteiger partial charge on any atom is 0.243 e. The molecule has 0 spiro atoms. The van der Waals surface area contributed by atoms with Crippen LogP contribution in [0.15, 0.2) is 47.4 Å². The molecule has 0 bridgehead atoms. The fourth-order valence-electron chi connectivity index (χ4n) is 5.25. The monoisotopic (exact) mass is 492 g/mol. The molecule has 0 radical (unpaired) electrons. The van der Waals surface area contributed by atoms with E-state index in [1.165, 1.54) is 0 Å². The van der Waals surface area contributed by atoms with Gasteiger partial charge in [0, 0.05) is 43.0 Å².